The van der Waals surface area contributed by atoms with E-state index < -0.39 is 0 Å². The van der Waals surface area contributed by atoms with Crippen molar-refractivity contribution in [3.05, 3.63) is 6.42 Å². The highest BCUT2D eigenvalue weighted by Crippen LogP contribution is 2.13. The molecule has 0 bridgehead atoms. The summed E-state index contributed by atoms with van der Waals surface area (Å²) < 4.78 is 0. The van der Waals surface area contributed by atoms with Gasteiger partial charge in [-0.2, -0.15) is 0 Å². The van der Waals surface area contributed by atoms with Gasteiger partial charge in [0, 0.05) is 0 Å². The fraction of sp³-hybridized carbons (Fsp3) is 0.909. The third kappa shape index (κ3) is 7.90. The Bertz CT molecular complexity index is 66.4. The topological polar surface area (TPSA) is 0 Å². The van der Waals surface area contributed by atoms with Crippen LogP contribution >= 0.6 is 0 Å². The van der Waals surface area contributed by atoms with Gasteiger partial charge in [0.2, 0.25) is 0 Å². The van der Waals surface area contributed by atoms with Gasteiger partial charge in [0.1, 0.15) is 0 Å². The Balaban J connectivity index is 2.97. The van der Waals surface area contributed by atoms with Gasteiger partial charge in [-0.3, -0.25) is 0 Å². The molecule has 0 nitrogen and oxygen atoms in total. The molecule has 11 heavy (non-hydrogen) atoms. The van der Waals surface area contributed by atoms with Gasteiger partial charge in [-0.15, -0.1) is 0 Å². The molecular weight excluding hydrogens is 132 g/mol. The molecule has 0 saturated heterocycles. The van der Waals surface area contributed by atoms with Crippen LogP contribution in [-0.4, -0.2) is 0 Å². The molecule has 1 radical (unpaired) electrons. The lowest BCUT2D eigenvalue weighted by atomic mass is 9.98. The van der Waals surface area contributed by atoms with Gasteiger partial charge in [0.25, 0.3) is 0 Å². The molecule has 0 spiro atoms. The second kappa shape index (κ2) is 8.10. The second-order valence-corrected chi connectivity index (χ2v) is 3.56. The van der Waals surface area contributed by atoms with Gasteiger partial charge in [0.15, 0.2) is 0 Å². The molecule has 0 aliphatic heterocycles. The van der Waals surface area contributed by atoms with Crippen molar-refractivity contribution in [3.63, 3.8) is 0 Å². The van der Waals surface area contributed by atoms with Crippen molar-refractivity contribution in [2.75, 3.05) is 0 Å². The van der Waals surface area contributed by atoms with Gasteiger partial charge in [-0.1, -0.05) is 52.9 Å². The van der Waals surface area contributed by atoms with Crippen LogP contribution in [0.5, 0.6) is 0 Å². The van der Waals surface area contributed by atoms with Crippen molar-refractivity contribution in [2.45, 2.75) is 59.3 Å². The molecule has 0 N–H and O–H groups in total. The first-order valence-electron chi connectivity index (χ1n) is 5.12. The summed E-state index contributed by atoms with van der Waals surface area (Å²) in [5, 5.41) is 0. The fourth-order valence-corrected chi connectivity index (χ4v) is 1.36. The lowest BCUT2D eigenvalue weighted by Gasteiger charge is -2.08. The van der Waals surface area contributed by atoms with Gasteiger partial charge in [-0.05, 0) is 18.8 Å². The van der Waals surface area contributed by atoms with E-state index in [0.29, 0.717) is 0 Å². The minimum Gasteiger partial charge on any atom is -0.0654 e. The van der Waals surface area contributed by atoms with E-state index in [1.54, 1.807) is 0 Å². The number of hydrogen-bond donors (Lipinski definition) is 0. The van der Waals surface area contributed by atoms with Gasteiger partial charge in [-0.25, -0.2) is 0 Å². The Morgan fingerprint density at radius 1 is 1.18 bits per heavy atom. The summed E-state index contributed by atoms with van der Waals surface area (Å²) in [5.41, 5.74) is 0. The van der Waals surface area contributed by atoms with Crippen LogP contribution in [0.3, 0.4) is 0 Å². The van der Waals surface area contributed by atoms with Crippen LogP contribution in [0.1, 0.15) is 59.3 Å². The zero-order valence-corrected chi connectivity index (χ0v) is 8.40. The van der Waals surface area contributed by atoms with Crippen molar-refractivity contribution in [1.29, 1.82) is 0 Å². The monoisotopic (exact) mass is 155 g/mol. The van der Waals surface area contributed by atoms with Gasteiger partial charge in [0.05, 0.1) is 0 Å². The van der Waals surface area contributed by atoms with Crippen molar-refractivity contribution >= 4 is 0 Å². The van der Waals surface area contributed by atoms with E-state index in [0.717, 1.165) is 5.92 Å². The smallest absolute Gasteiger partial charge is 0.0383 e. The standard InChI is InChI=1S/C11H23/c1-4-6-7-8-10-11(3)9-5-2/h8,11H,4-7,9-10H2,1-3H3. The van der Waals surface area contributed by atoms with Gasteiger partial charge < -0.3 is 0 Å². The van der Waals surface area contributed by atoms with Crippen molar-refractivity contribution in [3.8, 4) is 0 Å². The van der Waals surface area contributed by atoms with Crippen LogP contribution < -0.4 is 0 Å². The van der Waals surface area contributed by atoms with E-state index in [2.05, 4.69) is 27.2 Å². The summed E-state index contributed by atoms with van der Waals surface area (Å²) in [7, 11) is 0. The molecule has 0 aliphatic rings. The molecule has 1 unspecified atom stereocenters. The lowest BCUT2D eigenvalue weighted by Crippen LogP contribution is -1.93. The molecule has 0 aromatic rings. The van der Waals surface area contributed by atoms with Crippen molar-refractivity contribution in [2.24, 2.45) is 5.92 Å². The Hall–Kier alpha value is 0. The van der Waals surface area contributed by atoms with E-state index in [4.69, 9.17) is 0 Å². The Morgan fingerprint density at radius 3 is 2.45 bits per heavy atom. The first kappa shape index (κ1) is 11.0. The zero-order chi connectivity index (χ0) is 8.53. The second-order valence-electron chi connectivity index (χ2n) is 3.56. The van der Waals surface area contributed by atoms with Crippen LogP contribution in [0.2, 0.25) is 0 Å². The molecule has 0 aliphatic carbocycles. The fourth-order valence-electron chi connectivity index (χ4n) is 1.36. The molecular formula is C11H23. The Labute approximate surface area is 72.4 Å². The summed E-state index contributed by atoms with van der Waals surface area (Å²) in [5.74, 6) is 0.914. The summed E-state index contributed by atoms with van der Waals surface area (Å²) in [6.45, 7) is 6.87. The number of rotatable bonds is 7. The first-order valence-corrected chi connectivity index (χ1v) is 5.12. The molecule has 0 fully saturated rings. The summed E-state index contributed by atoms with van der Waals surface area (Å²) in [6, 6.07) is 0. The lowest BCUT2D eigenvalue weighted by molar-refractivity contribution is 0.506. The van der Waals surface area contributed by atoms with Crippen LogP contribution in [-0.2, 0) is 0 Å². The largest absolute Gasteiger partial charge is 0.0654 e. The minimum atomic E-state index is 0.914. The highest BCUT2D eigenvalue weighted by Gasteiger charge is 1.99. The Morgan fingerprint density at radius 2 is 1.91 bits per heavy atom. The first-order chi connectivity index (χ1) is 5.31. The van der Waals surface area contributed by atoms with Crippen LogP contribution in [0.15, 0.2) is 0 Å². The summed E-state index contributed by atoms with van der Waals surface area (Å²) in [4.78, 5) is 0. The number of unbranched alkanes of at least 4 members (excludes halogenated alkanes) is 3. The maximum Gasteiger partial charge on any atom is -0.0383 e. The van der Waals surface area contributed by atoms with Gasteiger partial charge >= 0.3 is 0 Å². The predicted molar refractivity (Wildman–Crippen MR) is 52.5 cm³/mol. The van der Waals surface area contributed by atoms with E-state index in [1.807, 2.05) is 0 Å². The summed E-state index contributed by atoms with van der Waals surface area (Å²) in [6.07, 6.45) is 10.5. The molecule has 0 amide bonds. The average Bonchev–Trinajstić information content (AvgIpc) is 1.99. The van der Waals surface area contributed by atoms with Crippen LogP contribution in [0.25, 0.3) is 0 Å². The maximum absolute atomic E-state index is 2.46. The minimum absolute atomic E-state index is 0.914. The molecule has 1 atom stereocenters. The molecule has 67 valence electrons. The van der Waals surface area contributed by atoms with E-state index in [9.17, 15) is 0 Å². The molecule has 0 heterocycles. The number of hydrogen-bond acceptors (Lipinski definition) is 0. The highest BCUT2D eigenvalue weighted by atomic mass is 14.0. The molecule has 0 rings (SSSR count). The third-order valence-electron chi connectivity index (χ3n) is 2.11. The van der Waals surface area contributed by atoms with Crippen molar-refractivity contribution < 1.29 is 0 Å². The summed E-state index contributed by atoms with van der Waals surface area (Å²) >= 11 is 0. The zero-order valence-electron chi connectivity index (χ0n) is 8.40. The molecule has 0 saturated carbocycles. The molecule has 0 aromatic heterocycles. The van der Waals surface area contributed by atoms with E-state index in [1.165, 1.54) is 38.5 Å². The van der Waals surface area contributed by atoms with E-state index >= 15 is 0 Å². The quantitative estimate of drug-likeness (QED) is 0.483. The van der Waals surface area contributed by atoms with Crippen molar-refractivity contribution in [1.82, 2.24) is 0 Å². The molecule has 0 aromatic carbocycles. The Kier molecular flexibility index (Phi) is 8.10. The van der Waals surface area contributed by atoms with Crippen LogP contribution in [0.4, 0.5) is 0 Å². The SMILES string of the molecule is CCCC[CH]CC(C)CCC. The van der Waals surface area contributed by atoms with E-state index in [-0.39, 0.29) is 0 Å². The maximum atomic E-state index is 2.46. The average molecular weight is 155 g/mol. The predicted octanol–water partition coefficient (Wildman–Crippen LogP) is 4.21. The molecule has 0 heteroatoms. The third-order valence-corrected chi connectivity index (χ3v) is 2.11. The van der Waals surface area contributed by atoms with Crippen LogP contribution in [0, 0.1) is 12.3 Å². The highest BCUT2D eigenvalue weighted by molar-refractivity contribution is 4.67. The normalized spacial score (nSPS) is 13.4.